The molecule has 29 heavy (non-hydrogen) atoms. The number of benzene rings is 2. The third-order valence-corrected chi connectivity index (χ3v) is 4.14. The number of amides is 1. The lowest BCUT2D eigenvalue weighted by Crippen LogP contribution is -2.28. The van der Waals surface area contributed by atoms with E-state index in [9.17, 15) is 14.0 Å². The van der Waals surface area contributed by atoms with Crippen LogP contribution < -0.4 is 19.5 Å². The molecule has 2 aromatic carbocycles. The second-order valence-electron chi connectivity index (χ2n) is 6.06. The van der Waals surface area contributed by atoms with Crippen molar-refractivity contribution in [3.8, 4) is 17.2 Å². The number of carbonyl (C=O) groups excluding carboxylic acids is 2. The van der Waals surface area contributed by atoms with E-state index in [0.29, 0.717) is 29.2 Å². The van der Waals surface area contributed by atoms with Crippen LogP contribution in [0.1, 0.15) is 17.5 Å². The predicted octanol–water partition coefficient (Wildman–Crippen LogP) is 2.64. The summed E-state index contributed by atoms with van der Waals surface area (Å²) in [5.41, 5.74) is 1.15. The summed E-state index contributed by atoms with van der Waals surface area (Å²) in [5.74, 6) is 0.00246. The van der Waals surface area contributed by atoms with Gasteiger partial charge in [0.1, 0.15) is 5.82 Å². The summed E-state index contributed by atoms with van der Waals surface area (Å²) >= 11 is 0. The first kappa shape index (κ1) is 22.0. The van der Waals surface area contributed by atoms with Crippen molar-refractivity contribution in [3.63, 3.8) is 0 Å². The first-order valence-electron chi connectivity index (χ1n) is 8.93. The van der Waals surface area contributed by atoms with Crippen LogP contribution in [0.3, 0.4) is 0 Å². The van der Waals surface area contributed by atoms with Crippen molar-refractivity contribution in [3.05, 3.63) is 53.3 Å². The van der Waals surface area contributed by atoms with E-state index in [1.54, 1.807) is 30.3 Å². The second-order valence-corrected chi connectivity index (χ2v) is 6.06. The Morgan fingerprint density at radius 1 is 1.00 bits per heavy atom. The molecule has 0 atom stereocenters. The molecule has 0 spiro atoms. The molecule has 2 rings (SSSR count). The zero-order valence-electron chi connectivity index (χ0n) is 16.6. The van der Waals surface area contributed by atoms with Gasteiger partial charge in [-0.15, -0.1) is 0 Å². The standard InChI is InChI=1S/C21H24FNO6/c1-26-17-10-14(11-18(27-2)21(17)28-3)8-9-20(25)29-13-19(24)23-12-15-6-4-5-7-16(15)22/h4-7,10-11H,8-9,12-13H2,1-3H3,(H,23,24). The summed E-state index contributed by atoms with van der Waals surface area (Å²) < 4.78 is 34.3. The largest absolute Gasteiger partial charge is 0.493 e. The molecular weight excluding hydrogens is 381 g/mol. The van der Waals surface area contributed by atoms with Crippen LogP contribution in [-0.2, 0) is 27.3 Å². The number of halogens is 1. The van der Waals surface area contributed by atoms with Crippen LogP contribution in [-0.4, -0.2) is 39.8 Å². The summed E-state index contributed by atoms with van der Waals surface area (Å²) in [7, 11) is 4.53. The minimum atomic E-state index is -0.528. The zero-order valence-corrected chi connectivity index (χ0v) is 16.6. The fraction of sp³-hybridized carbons (Fsp3) is 0.333. The molecule has 0 bridgehead atoms. The third-order valence-electron chi connectivity index (χ3n) is 4.14. The highest BCUT2D eigenvalue weighted by Gasteiger charge is 2.15. The van der Waals surface area contributed by atoms with Crippen LogP contribution in [0.2, 0.25) is 0 Å². The van der Waals surface area contributed by atoms with Crippen LogP contribution >= 0.6 is 0 Å². The molecule has 7 nitrogen and oxygen atoms in total. The van der Waals surface area contributed by atoms with Gasteiger partial charge in [0.25, 0.3) is 5.91 Å². The van der Waals surface area contributed by atoms with Gasteiger partial charge in [-0.1, -0.05) is 18.2 Å². The molecule has 8 heteroatoms. The van der Waals surface area contributed by atoms with Gasteiger partial charge in [0, 0.05) is 18.5 Å². The Labute approximate surface area is 168 Å². The average molecular weight is 405 g/mol. The number of ether oxygens (including phenoxy) is 4. The van der Waals surface area contributed by atoms with E-state index >= 15 is 0 Å². The summed E-state index contributed by atoms with van der Waals surface area (Å²) in [4.78, 5) is 23.7. The maximum Gasteiger partial charge on any atom is 0.306 e. The van der Waals surface area contributed by atoms with Crippen molar-refractivity contribution in [1.82, 2.24) is 5.32 Å². The SMILES string of the molecule is COc1cc(CCC(=O)OCC(=O)NCc2ccccc2F)cc(OC)c1OC. The smallest absolute Gasteiger partial charge is 0.306 e. The molecule has 0 saturated heterocycles. The lowest BCUT2D eigenvalue weighted by Gasteiger charge is -2.14. The first-order valence-corrected chi connectivity index (χ1v) is 8.93. The van der Waals surface area contributed by atoms with Crippen molar-refractivity contribution in [2.45, 2.75) is 19.4 Å². The first-order chi connectivity index (χ1) is 14.0. The molecule has 0 radical (unpaired) electrons. The van der Waals surface area contributed by atoms with Crippen molar-refractivity contribution in [1.29, 1.82) is 0 Å². The number of hydrogen-bond acceptors (Lipinski definition) is 6. The molecule has 1 N–H and O–H groups in total. The minimum absolute atomic E-state index is 0.0223. The predicted molar refractivity (Wildman–Crippen MR) is 104 cm³/mol. The average Bonchev–Trinajstić information content (AvgIpc) is 2.74. The Morgan fingerprint density at radius 2 is 1.66 bits per heavy atom. The van der Waals surface area contributed by atoms with Crippen LogP contribution in [0.25, 0.3) is 0 Å². The summed E-state index contributed by atoms with van der Waals surface area (Å²) in [6.45, 7) is -0.406. The van der Waals surface area contributed by atoms with Gasteiger partial charge in [-0.2, -0.15) is 0 Å². The van der Waals surface area contributed by atoms with Gasteiger partial charge in [0.05, 0.1) is 21.3 Å². The summed E-state index contributed by atoms with van der Waals surface area (Å²) in [5, 5.41) is 2.51. The van der Waals surface area contributed by atoms with Crippen LogP contribution in [0.15, 0.2) is 36.4 Å². The van der Waals surface area contributed by atoms with Gasteiger partial charge in [0.2, 0.25) is 5.75 Å². The highest BCUT2D eigenvalue weighted by Crippen LogP contribution is 2.38. The Morgan fingerprint density at radius 3 is 2.24 bits per heavy atom. The van der Waals surface area contributed by atoms with E-state index < -0.39 is 24.3 Å². The molecule has 0 aliphatic carbocycles. The number of nitrogens with one attached hydrogen (secondary N) is 1. The zero-order chi connectivity index (χ0) is 21.2. The minimum Gasteiger partial charge on any atom is -0.493 e. The lowest BCUT2D eigenvalue weighted by atomic mass is 10.1. The van der Waals surface area contributed by atoms with Gasteiger partial charge in [-0.3, -0.25) is 9.59 Å². The number of methoxy groups -OCH3 is 3. The number of esters is 1. The van der Waals surface area contributed by atoms with E-state index in [0.717, 1.165) is 5.56 Å². The fourth-order valence-electron chi connectivity index (χ4n) is 2.63. The monoisotopic (exact) mass is 405 g/mol. The Balaban J connectivity index is 1.81. The Kier molecular flexibility index (Phi) is 8.27. The van der Waals surface area contributed by atoms with Gasteiger partial charge < -0.3 is 24.3 Å². The van der Waals surface area contributed by atoms with Gasteiger partial charge in [0.15, 0.2) is 18.1 Å². The number of rotatable bonds is 10. The van der Waals surface area contributed by atoms with Crippen molar-refractivity contribution in [2.24, 2.45) is 0 Å². The molecule has 0 aliphatic rings. The quantitative estimate of drug-likeness (QED) is 0.612. The molecule has 2 aromatic rings. The summed E-state index contributed by atoms with van der Waals surface area (Å²) in [6, 6.07) is 9.61. The molecule has 0 aliphatic heterocycles. The highest BCUT2D eigenvalue weighted by molar-refractivity contribution is 5.80. The molecule has 0 aromatic heterocycles. The van der Waals surface area contributed by atoms with E-state index in [1.807, 2.05) is 0 Å². The van der Waals surface area contributed by atoms with Crippen LogP contribution in [0.5, 0.6) is 17.2 Å². The van der Waals surface area contributed by atoms with Crippen molar-refractivity contribution < 1.29 is 32.9 Å². The normalized spacial score (nSPS) is 10.2. The van der Waals surface area contributed by atoms with E-state index in [-0.39, 0.29) is 13.0 Å². The van der Waals surface area contributed by atoms with Gasteiger partial charge in [-0.05, 0) is 30.2 Å². The molecular formula is C21H24FNO6. The van der Waals surface area contributed by atoms with E-state index in [4.69, 9.17) is 18.9 Å². The molecule has 1 amide bonds. The van der Waals surface area contributed by atoms with Crippen LogP contribution in [0.4, 0.5) is 4.39 Å². The van der Waals surface area contributed by atoms with E-state index in [1.165, 1.54) is 27.4 Å². The maximum atomic E-state index is 13.5. The van der Waals surface area contributed by atoms with Crippen LogP contribution in [0, 0.1) is 5.82 Å². The molecule has 0 unspecified atom stereocenters. The second kappa shape index (κ2) is 10.9. The fourth-order valence-corrected chi connectivity index (χ4v) is 2.63. The van der Waals surface area contributed by atoms with Crippen molar-refractivity contribution >= 4 is 11.9 Å². The highest BCUT2D eigenvalue weighted by atomic mass is 19.1. The van der Waals surface area contributed by atoms with Crippen molar-refractivity contribution in [2.75, 3.05) is 27.9 Å². The number of hydrogen-bond donors (Lipinski definition) is 1. The number of aryl methyl sites for hydroxylation is 1. The topological polar surface area (TPSA) is 83.1 Å². The number of carbonyl (C=O) groups is 2. The molecule has 0 fully saturated rings. The van der Waals surface area contributed by atoms with Gasteiger partial charge >= 0.3 is 5.97 Å². The lowest BCUT2D eigenvalue weighted by molar-refractivity contribution is -0.148. The molecule has 0 saturated carbocycles. The third kappa shape index (κ3) is 6.38. The molecule has 0 heterocycles. The van der Waals surface area contributed by atoms with Gasteiger partial charge in [-0.25, -0.2) is 4.39 Å². The summed E-state index contributed by atoms with van der Waals surface area (Å²) in [6.07, 6.45) is 0.436. The molecule has 156 valence electrons. The Hall–Kier alpha value is -3.29. The maximum absolute atomic E-state index is 13.5. The Bertz CT molecular complexity index is 830. The van der Waals surface area contributed by atoms with E-state index in [2.05, 4.69) is 5.32 Å².